The van der Waals surface area contributed by atoms with Crippen LogP contribution in [0.5, 0.6) is 0 Å². The summed E-state index contributed by atoms with van der Waals surface area (Å²) in [7, 11) is 0. The molecule has 0 aliphatic carbocycles. The summed E-state index contributed by atoms with van der Waals surface area (Å²) < 4.78 is 4.36. The van der Waals surface area contributed by atoms with Crippen LogP contribution >= 0.6 is 0 Å². The van der Waals surface area contributed by atoms with Gasteiger partial charge in [0, 0.05) is 43.8 Å². The van der Waals surface area contributed by atoms with Gasteiger partial charge in [-0.1, -0.05) is 6.58 Å². The van der Waals surface area contributed by atoms with Gasteiger partial charge in [-0.05, 0) is 0 Å². The molecule has 58 valence electrons. The van der Waals surface area contributed by atoms with Gasteiger partial charge in [0.15, 0.2) is 0 Å². The van der Waals surface area contributed by atoms with Gasteiger partial charge in [-0.15, -0.1) is 0 Å². The monoisotopic (exact) mass is 184 g/mol. The van der Waals surface area contributed by atoms with E-state index in [9.17, 15) is 9.59 Å². The second-order valence-corrected chi connectivity index (χ2v) is 1.52. The third-order valence-electron chi connectivity index (χ3n) is 0.727. The van der Waals surface area contributed by atoms with Crippen LogP contribution in [0.25, 0.3) is 0 Å². The van der Waals surface area contributed by atoms with E-state index in [1.54, 1.807) is 0 Å². The molecule has 1 N–H and O–H groups in total. The number of hydrogen-bond acceptors (Lipinski definition) is 3. The van der Waals surface area contributed by atoms with Gasteiger partial charge in [0.2, 0.25) is 0 Å². The summed E-state index contributed by atoms with van der Waals surface area (Å²) >= 11 is 0. The fraction of sp³-hybridized carbons (Fsp3) is 0.333. The van der Waals surface area contributed by atoms with Crippen LogP contribution in [0.3, 0.4) is 0 Å². The van der Waals surface area contributed by atoms with E-state index < -0.39 is 11.9 Å². The number of carbonyl (C=O) groups is 2. The van der Waals surface area contributed by atoms with E-state index in [4.69, 9.17) is 5.11 Å². The van der Waals surface area contributed by atoms with Crippen LogP contribution in [0.2, 0.25) is 0 Å². The standard InChI is InChI=1S/C6H8O4.Ca/c1-2-6(9)10-4-3-5(7)8;/h2H,1,3-4H2,(H,7,8);. The molecule has 0 aromatic carbocycles. The Bertz CT molecular complexity index is 155. The van der Waals surface area contributed by atoms with E-state index in [2.05, 4.69) is 11.3 Å². The molecule has 0 atom stereocenters. The maximum atomic E-state index is 10.3. The van der Waals surface area contributed by atoms with Crippen molar-refractivity contribution in [3.05, 3.63) is 12.7 Å². The van der Waals surface area contributed by atoms with Crippen molar-refractivity contribution in [3.63, 3.8) is 0 Å². The molecule has 0 unspecified atom stereocenters. The predicted molar refractivity (Wildman–Crippen MR) is 39.2 cm³/mol. The van der Waals surface area contributed by atoms with Gasteiger partial charge in [0.25, 0.3) is 0 Å². The third kappa shape index (κ3) is 9.94. The quantitative estimate of drug-likeness (QED) is 0.373. The molecule has 4 nitrogen and oxygen atoms in total. The first-order valence-corrected chi connectivity index (χ1v) is 2.68. The zero-order valence-corrected chi connectivity index (χ0v) is 8.29. The number of carboxylic acid groups (broad SMARTS) is 1. The predicted octanol–water partition coefficient (Wildman–Crippen LogP) is -0.190. The van der Waals surface area contributed by atoms with Crippen LogP contribution in [0.1, 0.15) is 6.42 Å². The molecule has 0 saturated heterocycles. The zero-order valence-electron chi connectivity index (χ0n) is 6.08. The fourth-order valence-corrected chi connectivity index (χ4v) is 0.298. The Hall–Kier alpha value is -0.0603. The van der Waals surface area contributed by atoms with Crippen molar-refractivity contribution in [1.82, 2.24) is 0 Å². The van der Waals surface area contributed by atoms with Crippen LogP contribution in [0.15, 0.2) is 12.7 Å². The van der Waals surface area contributed by atoms with E-state index in [0.717, 1.165) is 6.08 Å². The van der Waals surface area contributed by atoms with Gasteiger partial charge in [-0.25, -0.2) is 4.79 Å². The van der Waals surface area contributed by atoms with Crippen LogP contribution in [0, 0.1) is 0 Å². The molecule has 0 bridgehead atoms. The van der Waals surface area contributed by atoms with E-state index in [0.29, 0.717) is 0 Å². The number of carbonyl (C=O) groups excluding carboxylic acids is 1. The van der Waals surface area contributed by atoms with Crippen LogP contribution in [-0.4, -0.2) is 61.4 Å². The topological polar surface area (TPSA) is 63.6 Å². The van der Waals surface area contributed by atoms with E-state index in [1.807, 2.05) is 0 Å². The first-order valence-electron chi connectivity index (χ1n) is 2.68. The Labute approximate surface area is 94.2 Å². The molecule has 0 heterocycles. The zero-order chi connectivity index (χ0) is 7.98. The number of carboxylic acids is 1. The molecule has 0 aromatic rings. The van der Waals surface area contributed by atoms with Gasteiger partial charge in [0.1, 0.15) is 6.61 Å². The SMILES string of the molecule is C=CC(=O)OCCC(=O)O.[Ca]. The summed E-state index contributed by atoms with van der Waals surface area (Å²) in [5.41, 5.74) is 0. The Morgan fingerprint density at radius 2 is 2.09 bits per heavy atom. The largest absolute Gasteiger partial charge is 0.481 e. The smallest absolute Gasteiger partial charge is 0.330 e. The minimum absolute atomic E-state index is 0. The fourth-order valence-electron chi connectivity index (χ4n) is 0.298. The second-order valence-electron chi connectivity index (χ2n) is 1.52. The summed E-state index contributed by atoms with van der Waals surface area (Å²) in [5, 5.41) is 8.08. The summed E-state index contributed by atoms with van der Waals surface area (Å²) in [5.74, 6) is -1.59. The second kappa shape index (κ2) is 8.04. The van der Waals surface area contributed by atoms with Crippen molar-refractivity contribution < 1.29 is 19.4 Å². The average Bonchev–Trinajstić information content (AvgIpc) is 1.87. The first-order chi connectivity index (χ1) is 4.66. The maximum absolute atomic E-state index is 10.3. The molecule has 0 fully saturated rings. The van der Waals surface area contributed by atoms with Gasteiger partial charge in [-0.2, -0.15) is 0 Å². The van der Waals surface area contributed by atoms with Crippen LogP contribution in [0.4, 0.5) is 0 Å². The number of esters is 1. The van der Waals surface area contributed by atoms with Crippen molar-refractivity contribution in [2.24, 2.45) is 0 Å². The van der Waals surface area contributed by atoms with Crippen molar-refractivity contribution in [2.75, 3.05) is 6.61 Å². The molecule has 0 spiro atoms. The Kier molecular flexibility index (Phi) is 9.89. The molecule has 2 radical (unpaired) electrons. The number of ether oxygens (including phenoxy) is 1. The van der Waals surface area contributed by atoms with E-state index in [1.165, 1.54) is 0 Å². The van der Waals surface area contributed by atoms with Gasteiger partial charge >= 0.3 is 11.9 Å². The molecule has 0 aromatic heterocycles. The maximum Gasteiger partial charge on any atom is 0.330 e. The molecule has 0 amide bonds. The first kappa shape index (κ1) is 13.5. The average molecular weight is 184 g/mol. The molecule has 0 aliphatic heterocycles. The summed E-state index contributed by atoms with van der Waals surface area (Å²) in [6, 6.07) is 0. The molecule has 0 aliphatic rings. The summed E-state index contributed by atoms with van der Waals surface area (Å²) in [6.45, 7) is 3.04. The molecule has 11 heavy (non-hydrogen) atoms. The Balaban J connectivity index is 0. The third-order valence-corrected chi connectivity index (χ3v) is 0.727. The molecular formula is C6H8CaO4. The van der Waals surface area contributed by atoms with Crippen molar-refractivity contribution in [3.8, 4) is 0 Å². The van der Waals surface area contributed by atoms with Crippen LogP contribution < -0.4 is 0 Å². The molecular weight excluding hydrogens is 176 g/mol. The van der Waals surface area contributed by atoms with Crippen molar-refractivity contribution >= 4 is 49.7 Å². The van der Waals surface area contributed by atoms with Crippen molar-refractivity contribution in [1.29, 1.82) is 0 Å². The van der Waals surface area contributed by atoms with Gasteiger partial charge < -0.3 is 9.84 Å². The van der Waals surface area contributed by atoms with Gasteiger partial charge in [-0.3, -0.25) is 4.79 Å². The van der Waals surface area contributed by atoms with Gasteiger partial charge in [0.05, 0.1) is 6.42 Å². The number of hydrogen-bond donors (Lipinski definition) is 1. The Morgan fingerprint density at radius 1 is 1.55 bits per heavy atom. The molecule has 0 rings (SSSR count). The normalized spacial score (nSPS) is 7.64. The molecule has 5 heteroatoms. The minimum atomic E-state index is -0.989. The Morgan fingerprint density at radius 3 is 2.45 bits per heavy atom. The number of rotatable bonds is 4. The van der Waals surface area contributed by atoms with E-state index >= 15 is 0 Å². The van der Waals surface area contributed by atoms with E-state index in [-0.39, 0.29) is 50.8 Å². The minimum Gasteiger partial charge on any atom is -0.481 e. The summed E-state index contributed by atoms with van der Waals surface area (Å²) in [6.07, 6.45) is 0.821. The van der Waals surface area contributed by atoms with Crippen LogP contribution in [-0.2, 0) is 14.3 Å². The summed E-state index contributed by atoms with van der Waals surface area (Å²) in [4.78, 5) is 20.1. The number of aliphatic carboxylic acids is 1. The molecule has 0 saturated carbocycles. The van der Waals surface area contributed by atoms with Crippen molar-refractivity contribution in [2.45, 2.75) is 6.42 Å².